The first-order chi connectivity index (χ1) is 9.47. The van der Waals surface area contributed by atoms with E-state index < -0.39 is 11.9 Å². The molecule has 114 valence electrons. The Labute approximate surface area is 120 Å². The molecule has 0 heterocycles. The highest BCUT2D eigenvalue weighted by Gasteiger charge is 2.36. The van der Waals surface area contributed by atoms with Crippen LogP contribution in [0.1, 0.15) is 46.0 Å². The molecule has 1 atom stereocenters. The number of carboxylic acids is 1. The summed E-state index contributed by atoms with van der Waals surface area (Å²) >= 11 is 0. The number of nitrogens with one attached hydrogen (secondary N) is 1. The number of hydrogen-bond donors (Lipinski definition) is 2. The first-order valence-corrected chi connectivity index (χ1v) is 7.74. The highest BCUT2D eigenvalue weighted by molar-refractivity contribution is 5.76. The normalized spacial score (nSPS) is 19.8. The predicted octanol–water partition coefficient (Wildman–Crippen LogP) is 2.32. The molecule has 0 aliphatic heterocycles. The number of nitrogens with zero attached hydrogens (tertiary/aromatic N) is 1. The lowest BCUT2D eigenvalue weighted by Crippen LogP contribution is -2.45. The van der Waals surface area contributed by atoms with Crippen LogP contribution in [0.3, 0.4) is 0 Å². The molecule has 0 bridgehead atoms. The minimum absolute atomic E-state index is 0.0746. The van der Waals surface area contributed by atoms with Gasteiger partial charge in [0.05, 0.1) is 5.92 Å². The number of urea groups is 1. The average molecular weight is 282 g/mol. The zero-order chi connectivity index (χ0) is 14.7. The molecule has 0 spiro atoms. The minimum Gasteiger partial charge on any atom is -0.481 e. The van der Waals surface area contributed by atoms with E-state index in [0.29, 0.717) is 24.3 Å². The summed E-state index contributed by atoms with van der Waals surface area (Å²) in [6.45, 7) is 5.08. The van der Waals surface area contributed by atoms with Crippen LogP contribution in [0.15, 0.2) is 0 Å². The van der Waals surface area contributed by atoms with Crippen LogP contribution in [0.5, 0.6) is 0 Å². The molecule has 0 aromatic heterocycles. The maximum Gasteiger partial charge on any atom is 0.317 e. The highest BCUT2D eigenvalue weighted by atomic mass is 16.4. The summed E-state index contributed by atoms with van der Waals surface area (Å²) in [5.41, 5.74) is 0. The fraction of sp³-hybridized carbons (Fsp3) is 0.867. The molecule has 2 N–H and O–H groups in total. The number of amides is 2. The van der Waals surface area contributed by atoms with Crippen molar-refractivity contribution in [2.75, 3.05) is 13.1 Å². The van der Waals surface area contributed by atoms with E-state index in [1.807, 2.05) is 18.7 Å². The molecule has 2 rings (SSSR count). The van der Waals surface area contributed by atoms with Gasteiger partial charge in [0.2, 0.25) is 0 Å². The largest absolute Gasteiger partial charge is 0.481 e. The van der Waals surface area contributed by atoms with Crippen molar-refractivity contribution in [2.24, 2.45) is 17.8 Å². The van der Waals surface area contributed by atoms with Gasteiger partial charge < -0.3 is 15.3 Å². The van der Waals surface area contributed by atoms with Crippen molar-refractivity contribution in [3.05, 3.63) is 0 Å². The van der Waals surface area contributed by atoms with Crippen molar-refractivity contribution in [2.45, 2.75) is 52.0 Å². The fourth-order valence-electron chi connectivity index (χ4n) is 2.52. The Morgan fingerprint density at radius 2 is 1.90 bits per heavy atom. The fourth-order valence-corrected chi connectivity index (χ4v) is 2.52. The molecule has 5 nitrogen and oxygen atoms in total. The van der Waals surface area contributed by atoms with Gasteiger partial charge in [-0.25, -0.2) is 4.79 Å². The quantitative estimate of drug-likeness (QED) is 0.718. The number of carboxylic acid groups (broad SMARTS) is 1. The van der Waals surface area contributed by atoms with Crippen LogP contribution >= 0.6 is 0 Å². The lowest BCUT2D eigenvalue weighted by molar-refractivity contribution is -0.142. The van der Waals surface area contributed by atoms with E-state index in [2.05, 4.69) is 5.32 Å². The van der Waals surface area contributed by atoms with Gasteiger partial charge in [-0.15, -0.1) is 0 Å². The van der Waals surface area contributed by atoms with E-state index in [1.165, 1.54) is 12.8 Å². The molecule has 2 aliphatic rings. The summed E-state index contributed by atoms with van der Waals surface area (Å²) in [5, 5.41) is 12.0. The second-order valence-corrected chi connectivity index (χ2v) is 6.68. The maximum absolute atomic E-state index is 12.2. The van der Waals surface area contributed by atoms with E-state index in [-0.39, 0.29) is 12.6 Å². The van der Waals surface area contributed by atoms with Gasteiger partial charge in [-0.3, -0.25) is 4.79 Å². The van der Waals surface area contributed by atoms with E-state index in [0.717, 1.165) is 19.4 Å². The number of carbonyl (C=O) groups excluding carboxylic acids is 1. The van der Waals surface area contributed by atoms with Crippen LogP contribution in [0, 0.1) is 17.8 Å². The van der Waals surface area contributed by atoms with Crippen LogP contribution < -0.4 is 5.32 Å². The second-order valence-electron chi connectivity index (χ2n) is 6.68. The summed E-state index contributed by atoms with van der Waals surface area (Å²) in [7, 11) is 0. The smallest absolute Gasteiger partial charge is 0.317 e. The van der Waals surface area contributed by atoms with Crippen molar-refractivity contribution >= 4 is 12.0 Å². The van der Waals surface area contributed by atoms with Crippen molar-refractivity contribution in [1.29, 1.82) is 0 Å². The lowest BCUT2D eigenvalue weighted by atomic mass is 9.97. The van der Waals surface area contributed by atoms with Gasteiger partial charge in [0, 0.05) is 19.1 Å². The van der Waals surface area contributed by atoms with Gasteiger partial charge in [0.1, 0.15) is 0 Å². The average Bonchev–Trinajstić information content (AvgIpc) is 3.24. The third-order valence-electron chi connectivity index (χ3n) is 4.01. The summed E-state index contributed by atoms with van der Waals surface area (Å²) in [4.78, 5) is 25.3. The topological polar surface area (TPSA) is 69.6 Å². The van der Waals surface area contributed by atoms with Gasteiger partial charge in [0.25, 0.3) is 0 Å². The molecule has 2 saturated carbocycles. The number of aliphatic carboxylic acids is 1. The van der Waals surface area contributed by atoms with Crippen LogP contribution in [-0.4, -0.2) is 41.1 Å². The maximum atomic E-state index is 12.2. The second kappa shape index (κ2) is 6.46. The molecule has 0 saturated heterocycles. The molecule has 2 fully saturated rings. The molecular weight excluding hydrogens is 256 g/mol. The molecule has 2 aliphatic carbocycles. The summed E-state index contributed by atoms with van der Waals surface area (Å²) in [6.07, 6.45) is 5.23. The van der Waals surface area contributed by atoms with E-state index in [9.17, 15) is 14.7 Å². The monoisotopic (exact) mass is 282 g/mol. The highest BCUT2D eigenvalue weighted by Crippen LogP contribution is 2.34. The van der Waals surface area contributed by atoms with Gasteiger partial charge in [-0.05, 0) is 43.9 Å². The van der Waals surface area contributed by atoms with Gasteiger partial charge in [0.15, 0.2) is 0 Å². The first-order valence-electron chi connectivity index (χ1n) is 7.74. The molecule has 0 radical (unpaired) electrons. The van der Waals surface area contributed by atoms with Crippen LogP contribution in [0.25, 0.3) is 0 Å². The van der Waals surface area contributed by atoms with Crippen LogP contribution in [0.2, 0.25) is 0 Å². The van der Waals surface area contributed by atoms with E-state index in [1.54, 1.807) is 0 Å². The SMILES string of the molecule is CC(C)CC(CNC(=O)N(CC1CC1)C1CC1)C(=O)O. The Morgan fingerprint density at radius 3 is 2.35 bits per heavy atom. The Morgan fingerprint density at radius 1 is 1.25 bits per heavy atom. The molecular formula is C15H26N2O3. The summed E-state index contributed by atoms with van der Waals surface area (Å²) < 4.78 is 0. The Bertz CT molecular complexity index is 362. The Hall–Kier alpha value is -1.26. The summed E-state index contributed by atoms with van der Waals surface area (Å²) in [5.74, 6) is -0.314. The number of rotatable bonds is 8. The molecule has 5 heteroatoms. The first kappa shape index (κ1) is 15.1. The van der Waals surface area contributed by atoms with Crippen molar-refractivity contribution < 1.29 is 14.7 Å². The zero-order valence-corrected chi connectivity index (χ0v) is 12.5. The molecule has 0 aromatic rings. The molecule has 2 amide bonds. The Kier molecular flexibility index (Phi) is 4.89. The molecule has 20 heavy (non-hydrogen) atoms. The summed E-state index contributed by atoms with van der Waals surface area (Å²) in [6, 6.07) is 0.318. The van der Waals surface area contributed by atoms with Gasteiger partial charge in [-0.1, -0.05) is 13.8 Å². The Balaban J connectivity index is 1.80. The van der Waals surface area contributed by atoms with Crippen molar-refractivity contribution in [1.82, 2.24) is 10.2 Å². The third-order valence-corrected chi connectivity index (χ3v) is 4.01. The van der Waals surface area contributed by atoms with E-state index in [4.69, 9.17) is 0 Å². The van der Waals surface area contributed by atoms with Crippen LogP contribution in [-0.2, 0) is 4.79 Å². The lowest BCUT2D eigenvalue weighted by Gasteiger charge is -2.24. The van der Waals surface area contributed by atoms with Crippen molar-refractivity contribution in [3.8, 4) is 0 Å². The van der Waals surface area contributed by atoms with E-state index >= 15 is 0 Å². The third kappa shape index (κ3) is 4.69. The zero-order valence-electron chi connectivity index (χ0n) is 12.5. The van der Waals surface area contributed by atoms with Crippen molar-refractivity contribution in [3.63, 3.8) is 0 Å². The van der Waals surface area contributed by atoms with Gasteiger partial charge in [-0.2, -0.15) is 0 Å². The minimum atomic E-state index is -0.820. The number of hydrogen-bond acceptors (Lipinski definition) is 2. The van der Waals surface area contributed by atoms with Gasteiger partial charge >= 0.3 is 12.0 Å². The number of carbonyl (C=O) groups is 2. The molecule has 1 unspecified atom stereocenters. The standard InChI is InChI=1S/C15H26N2O3/c1-10(2)7-12(14(18)19)8-16-15(20)17(13-5-6-13)9-11-3-4-11/h10-13H,3-9H2,1-2H3,(H,16,20)(H,18,19). The molecule has 0 aromatic carbocycles. The predicted molar refractivity (Wildman–Crippen MR) is 76.4 cm³/mol. The van der Waals surface area contributed by atoms with Crippen LogP contribution in [0.4, 0.5) is 4.79 Å².